The van der Waals surface area contributed by atoms with Gasteiger partial charge in [-0.3, -0.25) is 10.6 Å². The summed E-state index contributed by atoms with van der Waals surface area (Å²) in [5.41, 5.74) is 3.67. The molecule has 0 bridgehead atoms. The van der Waals surface area contributed by atoms with E-state index in [-0.39, 0.29) is 11.3 Å². The Morgan fingerprint density at radius 1 is 1.30 bits per heavy atom. The molecule has 0 heterocycles. The molecule has 2 aromatic rings. The van der Waals surface area contributed by atoms with Crippen LogP contribution in [-0.2, 0) is 0 Å². The van der Waals surface area contributed by atoms with Crippen LogP contribution in [0.4, 0.5) is 15.8 Å². The van der Waals surface area contributed by atoms with Crippen molar-refractivity contribution < 1.29 is 9.18 Å². The van der Waals surface area contributed by atoms with Crippen LogP contribution in [0.15, 0.2) is 36.4 Å². The van der Waals surface area contributed by atoms with Gasteiger partial charge in [-0.05, 0) is 36.8 Å². The topological polar surface area (TPSA) is 67.2 Å². The van der Waals surface area contributed by atoms with Crippen molar-refractivity contribution in [3.8, 4) is 0 Å². The van der Waals surface area contributed by atoms with E-state index in [2.05, 4.69) is 10.7 Å². The molecule has 104 valence electrons. The van der Waals surface area contributed by atoms with Crippen LogP contribution in [0.1, 0.15) is 15.9 Å². The molecular weight excluding hydrogens is 281 g/mol. The van der Waals surface area contributed by atoms with Gasteiger partial charge in [0.05, 0.1) is 11.3 Å². The molecule has 6 heteroatoms. The van der Waals surface area contributed by atoms with Crippen molar-refractivity contribution in [2.75, 3.05) is 10.7 Å². The minimum atomic E-state index is -0.594. The lowest BCUT2D eigenvalue weighted by Crippen LogP contribution is -2.18. The van der Waals surface area contributed by atoms with Crippen LogP contribution in [0, 0.1) is 12.7 Å². The van der Waals surface area contributed by atoms with Gasteiger partial charge in [0.15, 0.2) is 0 Å². The van der Waals surface area contributed by atoms with Crippen LogP contribution in [0.25, 0.3) is 0 Å². The molecule has 20 heavy (non-hydrogen) atoms. The van der Waals surface area contributed by atoms with Crippen LogP contribution >= 0.6 is 11.6 Å². The Bertz CT molecular complexity index is 661. The van der Waals surface area contributed by atoms with Crippen LogP contribution in [0.2, 0.25) is 5.02 Å². The fourth-order valence-corrected chi connectivity index (χ4v) is 1.95. The molecule has 2 aromatic carbocycles. The number of aryl methyl sites for hydroxylation is 1. The highest BCUT2D eigenvalue weighted by molar-refractivity contribution is 6.31. The zero-order chi connectivity index (χ0) is 14.7. The molecule has 0 radical (unpaired) electrons. The van der Waals surface area contributed by atoms with E-state index in [4.69, 9.17) is 17.4 Å². The summed E-state index contributed by atoms with van der Waals surface area (Å²) in [6, 6.07) is 9.27. The number of hydrogen-bond acceptors (Lipinski definition) is 3. The third-order valence-corrected chi connectivity index (χ3v) is 3.09. The van der Waals surface area contributed by atoms with Crippen molar-refractivity contribution in [2.45, 2.75) is 6.92 Å². The number of hydrazine groups is 1. The Hall–Kier alpha value is -2.11. The second-order valence-electron chi connectivity index (χ2n) is 4.22. The minimum Gasteiger partial charge on any atom is -0.322 e. The zero-order valence-corrected chi connectivity index (χ0v) is 11.5. The van der Waals surface area contributed by atoms with E-state index in [1.807, 2.05) is 6.92 Å². The Balaban J connectivity index is 2.33. The van der Waals surface area contributed by atoms with Gasteiger partial charge in [0.1, 0.15) is 5.82 Å². The smallest absolute Gasteiger partial charge is 0.257 e. The monoisotopic (exact) mass is 293 g/mol. The lowest BCUT2D eigenvalue weighted by atomic mass is 10.1. The van der Waals surface area contributed by atoms with Crippen molar-refractivity contribution in [3.63, 3.8) is 0 Å². The number of nitrogens with one attached hydrogen (secondary N) is 2. The first kappa shape index (κ1) is 14.3. The number of hydrogen-bond donors (Lipinski definition) is 3. The molecule has 2 rings (SSSR count). The van der Waals surface area contributed by atoms with Crippen molar-refractivity contribution in [1.29, 1.82) is 0 Å². The lowest BCUT2D eigenvalue weighted by Gasteiger charge is -2.12. The SMILES string of the molecule is Cc1ccc(Cl)cc1NC(=O)c1cccc(F)c1NN. The maximum absolute atomic E-state index is 13.5. The summed E-state index contributed by atoms with van der Waals surface area (Å²) < 4.78 is 13.5. The van der Waals surface area contributed by atoms with E-state index in [1.165, 1.54) is 18.2 Å². The molecule has 0 aromatic heterocycles. The van der Waals surface area contributed by atoms with E-state index >= 15 is 0 Å². The molecule has 0 saturated heterocycles. The molecule has 0 aliphatic carbocycles. The first-order valence-corrected chi connectivity index (χ1v) is 6.23. The zero-order valence-electron chi connectivity index (χ0n) is 10.7. The molecule has 0 spiro atoms. The number of nitrogen functional groups attached to an aromatic ring is 1. The molecule has 0 aliphatic heterocycles. The third kappa shape index (κ3) is 2.89. The fraction of sp³-hybridized carbons (Fsp3) is 0.0714. The van der Waals surface area contributed by atoms with Gasteiger partial charge in [0.2, 0.25) is 0 Å². The summed E-state index contributed by atoms with van der Waals surface area (Å²) in [5.74, 6) is 4.18. The fourth-order valence-electron chi connectivity index (χ4n) is 1.78. The molecule has 0 aliphatic rings. The molecule has 0 fully saturated rings. The number of carbonyl (C=O) groups is 1. The average molecular weight is 294 g/mol. The highest BCUT2D eigenvalue weighted by Gasteiger charge is 2.15. The Morgan fingerprint density at radius 2 is 2.05 bits per heavy atom. The predicted molar refractivity (Wildman–Crippen MR) is 78.4 cm³/mol. The van der Waals surface area contributed by atoms with Crippen molar-refractivity contribution in [1.82, 2.24) is 0 Å². The molecule has 1 amide bonds. The van der Waals surface area contributed by atoms with Gasteiger partial charge in [0, 0.05) is 10.7 Å². The van der Waals surface area contributed by atoms with Crippen LogP contribution < -0.4 is 16.6 Å². The second-order valence-corrected chi connectivity index (χ2v) is 4.66. The Kier molecular flexibility index (Phi) is 4.22. The minimum absolute atomic E-state index is 0.0512. The van der Waals surface area contributed by atoms with Crippen LogP contribution in [0.5, 0.6) is 0 Å². The van der Waals surface area contributed by atoms with E-state index < -0.39 is 11.7 Å². The van der Waals surface area contributed by atoms with E-state index in [0.717, 1.165) is 5.56 Å². The summed E-state index contributed by atoms with van der Waals surface area (Å²) in [4.78, 5) is 12.2. The standard InChI is InChI=1S/C14H13ClFN3O/c1-8-5-6-9(15)7-12(8)18-14(20)10-3-2-4-11(16)13(10)19-17/h2-7,19H,17H2,1H3,(H,18,20). The summed E-state index contributed by atoms with van der Waals surface area (Å²) in [6.07, 6.45) is 0. The summed E-state index contributed by atoms with van der Waals surface area (Å²) in [6.45, 7) is 1.83. The summed E-state index contributed by atoms with van der Waals surface area (Å²) >= 11 is 5.89. The van der Waals surface area contributed by atoms with Gasteiger partial charge in [-0.15, -0.1) is 0 Å². The van der Waals surface area contributed by atoms with Gasteiger partial charge in [0.25, 0.3) is 5.91 Å². The number of carbonyl (C=O) groups excluding carboxylic acids is 1. The summed E-state index contributed by atoms with van der Waals surface area (Å²) in [7, 11) is 0. The second kappa shape index (κ2) is 5.90. The number of benzene rings is 2. The number of nitrogens with two attached hydrogens (primary N) is 1. The number of anilines is 2. The van der Waals surface area contributed by atoms with Gasteiger partial charge in [-0.25, -0.2) is 4.39 Å². The normalized spacial score (nSPS) is 10.2. The van der Waals surface area contributed by atoms with Gasteiger partial charge < -0.3 is 10.7 Å². The van der Waals surface area contributed by atoms with Gasteiger partial charge >= 0.3 is 0 Å². The van der Waals surface area contributed by atoms with Crippen molar-refractivity contribution >= 4 is 28.9 Å². The van der Waals surface area contributed by atoms with Crippen molar-refractivity contribution in [3.05, 3.63) is 58.4 Å². The Labute approximate surface area is 120 Å². The number of halogens is 2. The highest BCUT2D eigenvalue weighted by Crippen LogP contribution is 2.23. The highest BCUT2D eigenvalue weighted by atomic mass is 35.5. The molecule has 4 nitrogen and oxygen atoms in total. The molecule has 0 unspecified atom stereocenters. The quantitative estimate of drug-likeness (QED) is 0.601. The molecule has 0 saturated carbocycles. The summed E-state index contributed by atoms with van der Waals surface area (Å²) in [5, 5.41) is 3.19. The van der Waals surface area contributed by atoms with Crippen LogP contribution in [-0.4, -0.2) is 5.91 Å². The lowest BCUT2D eigenvalue weighted by molar-refractivity contribution is 0.102. The van der Waals surface area contributed by atoms with Gasteiger partial charge in [-0.1, -0.05) is 23.7 Å². The maximum Gasteiger partial charge on any atom is 0.257 e. The van der Waals surface area contributed by atoms with Crippen molar-refractivity contribution in [2.24, 2.45) is 5.84 Å². The predicted octanol–water partition coefficient (Wildman–Crippen LogP) is 3.33. The first-order valence-electron chi connectivity index (χ1n) is 5.85. The number of para-hydroxylation sites is 1. The van der Waals surface area contributed by atoms with Gasteiger partial charge in [-0.2, -0.15) is 0 Å². The molecule has 4 N–H and O–H groups in total. The first-order chi connectivity index (χ1) is 9.52. The average Bonchev–Trinajstić information content (AvgIpc) is 2.42. The van der Waals surface area contributed by atoms with E-state index in [0.29, 0.717) is 10.7 Å². The molecule has 0 atom stereocenters. The van der Waals surface area contributed by atoms with E-state index in [1.54, 1.807) is 18.2 Å². The maximum atomic E-state index is 13.5. The third-order valence-electron chi connectivity index (χ3n) is 2.85. The number of amides is 1. The van der Waals surface area contributed by atoms with E-state index in [9.17, 15) is 9.18 Å². The largest absolute Gasteiger partial charge is 0.322 e. The Morgan fingerprint density at radius 3 is 2.75 bits per heavy atom. The van der Waals surface area contributed by atoms with Crippen LogP contribution in [0.3, 0.4) is 0 Å². The number of rotatable bonds is 3. The molecular formula is C14H13ClFN3O.